The minimum absolute atomic E-state index is 0.138. The zero-order chi connectivity index (χ0) is 18.4. The Balaban J connectivity index is 1.47. The highest BCUT2D eigenvalue weighted by Gasteiger charge is 2.08. The number of carbonyl (C=O) groups is 2. The van der Waals surface area contributed by atoms with E-state index < -0.39 is 0 Å². The van der Waals surface area contributed by atoms with Gasteiger partial charge in [0.15, 0.2) is 0 Å². The van der Waals surface area contributed by atoms with Crippen molar-refractivity contribution >= 4 is 28.4 Å². The van der Waals surface area contributed by atoms with Gasteiger partial charge >= 0.3 is 0 Å². The Morgan fingerprint density at radius 2 is 1.92 bits per heavy atom. The first kappa shape index (κ1) is 17.3. The van der Waals surface area contributed by atoms with E-state index in [0.29, 0.717) is 24.2 Å². The van der Waals surface area contributed by atoms with Gasteiger partial charge in [0.2, 0.25) is 11.5 Å². The van der Waals surface area contributed by atoms with Crippen LogP contribution < -0.4 is 16.2 Å². The SMILES string of the molecule is O=C(CCCNC(=O)c1ccc(=O)[nH]c1)Nc1cccc2cccnc12. The number of anilines is 1. The quantitative estimate of drug-likeness (QED) is 0.592. The van der Waals surface area contributed by atoms with Gasteiger partial charge in [0.25, 0.3) is 5.91 Å². The number of fused-ring (bicyclic) bond motifs is 1. The van der Waals surface area contributed by atoms with Crippen molar-refractivity contribution < 1.29 is 9.59 Å². The molecule has 0 saturated carbocycles. The first-order chi connectivity index (χ1) is 12.6. The van der Waals surface area contributed by atoms with E-state index in [4.69, 9.17) is 0 Å². The maximum atomic E-state index is 12.1. The average molecular weight is 350 g/mol. The molecular weight excluding hydrogens is 332 g/mol. The van der Waals surface area contributed by atoms with Crippen molar-refractivity contribution in [3.63, 3.8) is 0 Å². The van der Waals surface area contributed by atoms with Gasteiger partial charge in [0.1, 0.15) is 0 Å². The lowest BCUT2D eigenvalue weighted by Gasteiger charge is -2.08. The highest BCUT2D eigenvalue weighted by atomic mass is 16.2. The Morgan fingerprint density at radius 3 is 2.73 bits per heavy atom. The molecule has 0 spiro atoms. The van der Waals surface area contributed by atoms with E-state index in [0.717, 1.165) is 10.9 Å². The first-order valence-corrected chi connectivity index (χ1v) is 8.24. The van der Waals surface area contributed by atoms with E-state index >= 15 is 0 Å². The third-order valence-electron chi connectivity index (χ3n) is 3.82. The molecule has 1 aromatic carbocycles. The predicted octanol–water partition coefficient (Wildman–Crippen LogP) is 2.07. The van der Waals surface area contributed by atoms with Gasteiger partial charge in [0, 0.05) is 36.8 Å². The highest BCUT2D eigenvalue weighted by Crippen LogP contribution is 2.20. The number of hydrogen-bond donors (Lipinski definition) is 3. The summed E-state index contributed by atoms with van der Waals surface area (Å²) in [6.45, 7) is 0.360. The number of rotatable bonds is 6. The van der Waals surface area contributed by atoms with Crippen molar-refractivity contribution in [2.75, 3.05) is 11.9 Å². The third-order valence-corrected chi connectivity index (χ3v) is 3.82. The van der Waals surface area contributed by atoms with Crippen molar-refractivity contribution in [1.82, 2.24) is 15.3 Å². The minimum atomic E-state index is -0.292. The number of nitrogens with zero attached hydrogens (tertiary/aromatic N) is 1. The molecule has 2 heterocycles. The van der Waals surface area contributed by atoms with Crippen LogP contribution in [0.4, 0.5) is 5.69 Å². The molecule has 2 amide bonds. The second-order valence-corrected chi connectivity index (χ2v) is 5.73. The Kier molecular flexibility index (Phi) is 5.38. The number of aromatic nitrogens is 2. The van der Waals surface area contributed by atoms with Crippen molar-refractivity contribution in [3.8, 4) is 0 Å². The molecule has 0 aliphatic heterocycles. The van der Waals surface area contributed by atoms with E-state index in [1.807, 2.05) is 30.3 Å². The number of carbonyl (C=O) groups excluding carboxylic acids is 2. The summed E-state index contributed by atoms with van der Waals surface area (Å²) in [7, 11) is 0. The third kappa shape index (κ3) is 4.32. The number of nitrogens with one attached hydrogen (secondary N) is 3. The zero-order valence-electron chi connectivity index (χ0n) is 14.0. The number of benzene rings is 1. The van der Waals surface area contributed by atoms with Crippen LogP contribution in [0.2, 0.25) is 0 Å². The van der Waals surface area contributed by atoms with Gasteiger partial charge in [-0.1, -0.05) is 18.2 Å². The molecule has 0 atom stereocenters. The number of pyridine rings is 2. The maximum Gasteiger partial charge on any atom is 0.252 e. The lowest BCUT2D eigenvalue weighted by atomic mass is 10.2. The Bertz CT molecular complexity index is 971. The fourth-order valence-electron chi connectivity index (χ4n) is 2.52. The summed E-state index contributed by atoms with van der Waals surface area (Å²) in [5.41, 5.74) is 1.53. The Hall–Kier alpha value is -3.48. The predicted molar refractivity (Wildman–Crippen MR) is 99.0 cm³/mol. The lowest BCUT2D eigenvalue weighted by molar-refractivity contribution is -0.116. The summed E-state index contributed by atoms with van der Waals surface area (Å²) in [5, 5.41) is 6.53. The first-order valence-electron chi connectivity index (χ1n) is 8.24. The summed E-state index contributed by atoms with van der Waals surface area (Å²) < 4.78 is 0. The molecule has 3 N–H and O–H groups in total. The minimum Gasteiger partial charge on any atom is -0.352 e. The molecule has 0 radical (unpaired) electrons. The molecule has 0 aliphatic rings. The molecule has 3 rings (SSSR count). The summed E-state index contributed by atoms with van der Waals surface area (Å²) in [6, 6.07) is 12.1. The van der Waals surface area contributed by atoms with E-state index in [-0.39, 0.29) is 23.8 Å². The van der Waals surface area contributed by atoms with Crippen molar-refractivity contribution in [3.05, 3.63) is 70.8 Å². The van der Waals surface area contributed by atoms with Crippen molar-refractivity contribution in [1.29, 1.82) is 0 Å². The molecule has 3 aromatic rings. The molecule has 0 saturated heterocycles. The van der Waals surface area contributed by atoms with Gasteiger partial charge in [-0.2, -0.15) is 0 Å². The fraction of sp³-hybridized carbons (Fsp3) is 0.158. The van der Waals surface area contributed by atoms with Crippen LogP contribution in [0.15, 0.2) is 59.7 Å². The molecule has 7 heteroatoms. The number of H-pyrrole nitrogens is 1. The van der Waals surface area contributed by atoms with Crippen molar-refractivity contribution in [2.24, 2.45) is 0 Å². The number of aromatic amines is 1. The Labute approximate surface area is 149 Å². The summed E-state index contributed by atoms with van der Waals surface area (Å²) in [5.74, 6) is -0.429. The summed E-state index contributed by atoms with van der Waals surface area (Å²) in [4.78, 5) is 41.7. The standard InChI is InChI=1S/C19H18N4O3/c24-16-9-8-14(12-22-16)19(26)21-11-3-7-17(25)23-15-6-1-4-13-5-2-10-20-18(13)15/h1-2,4-6,8-10,12H,3,7,11H2,(H,21,26)(H,22,24)(H,23,25). The molecule has 0 fully saturated rings. The van der Waals surface area contributed by atoms with Crippen LogP contribution in [0.5, 0.6) is 0 Å². The van der Waals surface area contributed by atoms with Crippen LogP contribution in [-0.2, 0) is 4.79 Å². The topological polar surface area (TPSA) is 104 Å². The fourth-order valence-corrected chi connectivity index (χ4v) is 2.52. The van der Waals surface area contributed by atoms with E-state index in [2.05, 4.69) is 20.6 Å². The van der Waals surface area contributed by atoms with Gasteiger partial charge in [-0.3, -0.25) is 19.4 Å². The molecule has 7 nitrogen and oxygen atoms in total. The van der Waals surface area contributed by atoms with Gasteiger partial charge < -0.3 is 15.6 Å². The van der Waals surface area contributed by atoms with Crippen LogP contribution in [0.25, 0.3) is 10.9 Å². The number of hydrogen-bond acceptors (Lipinski definition) is 4. The van der Waals surface area contributed by atoms with Crippen LogP contribution in [0.3, 0.4) is 0 Å². The zero-order valence-corrected chi connectivity index (χ0v) is 14.0. The second kappa shape index (κ2) is 8.06. The van der Waals surface area contributed by atoms with Crippen LogP contribution in [-0.4, -0.2) is 28.3 Å². The van der Waals surface area contributed by atoms with E-state index in [9.17, 15) is 14.4 Å². The molecule has 0 aliphatic carbocycles. The van der Waals surface area contributed by atoms with Crippen LogP contribution >= 0.6 is 0 Å². The lowest BCUT2D eigenvalue weighted by Crippen LogP contribution is -2.26. The largest absolute Gasteiger partial charge is 0.352 e. The second-order valence-electron chi connectivity index (χ2n) is 5.73. The summed E-state index contributed by atoms with van der Waals surface area (Å²) >= 11 is 0. The van der Waals surface area contributed by atoms with E-state index in [1.54, 1.807) is 6.20 Å². The maximum absolute atomic E-state index is 12.1. The van der Waals surface area contributed by atoms with Gasteiger partial charge in [0.05, 0.1) is 16.8 Å². The van der Waals surface area contributed by atoms with Crippen molar-refractivity contribution in [2.45, 2.75) is 12.8 Å². The van der Waals surface area contributed by atoms with Crippen LogP contribution in [0, 0.1) is 0 Å². The normalized spacial score (nSPS) is 10.5. The Morgan fingerprint density at radius 1 is 1.08 bits per heavy atom. The molecule has 2 aromatic heterocycles. The molecule has 0 bridgehead atoms. The molecule has 132 valence electrons. The number of amides is 2. The average Bonchev–Trinajstić information content (AvgIpc) is 2.66. The van der Waals surface area contributed by atoms with Gasteiger partial charge in [-0.25, -0.2) is 0 Å². The van der Waals surface area contributed by atoms with Gasteiger partial charge in [-0.15, -0.1) is 0 Å². The monoisotopic (exact) mass is 350 g/mol. The van der Waals surface area contributed by atoms with E-state index in [1.165, 1.54) is 18.3 Å². The number of para-hydroxylation sites is 1. The molecule has 26 heavy (non-hydrogen) atoms. The highest BCUT2D eigenvalue weighted by molar-refractivity contribution is 6.00. The molecular formula is C19H18N4O3. The van der Waals surface area contributed by atoms with Gasteiger partial charge in [-0.05, 0) is 24.6 Å². The molecule has 0 unspecified atom stereocenters. The smallest absolute Gasteiger partial charge is 0.252 e. The summed E-state index contributed by atoms with van der Waals surface area (Å²) in [6.07, 6.45) is 3.82. The van der Waals surface area contributed by atoms with Crippen LogP contribution in [0.1, 0.15) is 23.2 Å².